The van der Waals surface area contributed by atoms with E-state index in [0.29, 0.717) is 6.61 Å². The number of hydrogen-bond donors (Lipinski definition) is 0. The first-order chi connectivity index (χ1) is 9.54. The highest BCUT2D eigenvalue weighted by molar-refractivity contribution is 7.09. The third-order valence-electron chi connectivity index (χ3n) is 2.31. The molecule has 0 aliphatic heterocycles. The van der Waals surface area contributed by atoms with Crippen LogP contribution in [-0.4, -0.2) is 32.6 Å². The van der Waals surface area contributed by atoms with E-state index in [1.54, 1.807) is 11.3 Å². The lowest BCUT2D eigenvalue weighted by Gasteiger charge is -2.09. The third kappa shape index (κ3) is 4.28. The van der Waals surface area contributed by atoms with Gasteiger partial charge in [0.15, 0.2) is 0 Å². The molecule has 2 aromatic heterocycles. The van der Waals surface area contributed by atoms with Gasteiger partial charge in [0.05, 0.1) is 23.9 Å². The Balaban J connectivity index is 1.95. The van der Waals surface area contributed by atoms with Gasteiger partial charge < -0.3 is 9.47 Å². The smallest absolute Gasteiger partial charge is 0.324 e. The molecule has 0 amide bonds. The van der Waals surface area contributed by atoms with Crippen molar-refractivity contribution in [2.75, 3.05) is 6.61 Å². The molecule has 0 fully saturated rings. The van der Waals surface area contributed by atoms with Crippen molar-refractivity contribution in [1.29, 1.82) is 0 Å². The highest BCUT2D eigenvalue weighted by Crippen LogP contribution is 2.16. The van der Waals surface area contributed by atoms with Crippen LogP contribution in [0.15, 0.2) is 5.51 Å². The lowest BCUT2D eigenvalue weighted by atomic mass is 10.3. The zero-order chi connectivity index (χ0) is 14.5. The minimum Gasteiger partial charge on any atom is -0.463 e. The van der Waals surface area contributed by atoms with Gasteiger partial charge in [-0.15, -0.1) is 16.3 Å². The molecule has 6 nitrogen and oxygen atoms in total. The molecule has 108 valence electrons. The Morgan fingerprint density at radius 3 is 2.65 bits per heavy atom. The van der Waals surface area contributed by atoms with E-state index < -0.39 is 0 Å². The predicted molar refractivity (Wildman–Crippen MR) is 76.7 cm³/mol. The van der Waals surface area contributed by atoms with E-state index in [0.717, 1.165) is 12.1 Å². The lowest BCUT2D eigenvalue weighted by Crippen LogP contribution is -2.11. The molecule has 2 aromatic rings. The van der Waals surface area contributed by atoms with Gasteiger partial charge in [0.25, 0.3) is 0 Å². The Labute approximate surface area is 126 Å². The average molecular weight is 315 g/mol. The fourth-order valence-electron chi connectivity index (χ4n) is 1.44. The van der Waals surface area contributed by atoms with Gasteiger partial charge in [-0.05, 0) is 32.4 Å². The minimum absolute atomic E-state index is 0.0406. The van der Waals surface area contributed by atoms with Crippen LogP contribution in [-0.2, 0) is 6.42 Å². The Morgan fingerprint density at radius 1 is 1.25 bits per heavy atom. The van der Waals surface area contributed by atoms with Gasteiger partial charge in [-0.1, -0.05) is 0 Å². The molecule has 0 N–H and O–H groups in total. The van der Waals surface area contributed by atoms with Gasteiger partial charge in [-0.25, -0.2) is 4.98 Å². The molecular formula is C12H15ClN4O2S. The van der Waals surface area contributed by atoms with Crippen molar-refractivity contribution in [3.05, 3.63) is 21.4 Å². The van der Waals surface area contributed by atoms with Crippen molar-refractivity contribution in [1.82, 2.24) is 19.9 Å². The van der Waals surface area contributed by atoms with E-state index in [4.69, 9.17) is 21.1 Å². The summed E-state index contributed by atoms with van der Waals surface area (Å²) in [6.45, 7) is 6.18. The molecule has 0 aliphatic rings. The summed E-state index contributed by atoms with van der Waals surface area (Å²) in [7, 11) is 0. The molecule has 20 heavy (non-hydrogen) atoms. The van der Waals surface area contributed by atoms with Crippen LogP contribution in [0.25, 0.3) is 0 Å². The van der Waals surface area contributed by atoms with Gasteiger partial charge >= 0.3 is 12.0 Å². The molecule has 2 rings (SSSR count). The quantitative estimate of drug-likeness (QED) is 0.816. The van der Waals surface area contributed by atoms with Crippen molar-refractivity contribution in [3.63, 3.8) is 0 Å². The van der Waals surface area contributed by atoms with Crippen molar-refractivity contribution in [2.45, 2.75) is 33.3 Å². The van der Waals surface area contributed by atoms with Crippen LogP contribution in [0.3, 0.4) is 0 Å². The van der Waals surface area contributed by atoms with E-state index in [2.05, 4.69) is 19.9 Å². The molecule has 0 aliphatic carbocycles. The van der Waals surface area contributed by atoms with Gasteiger partial charge in [-0.3, -0.25) is 0 Å². The first kappa shape index (κ1) is 14.9. The maximum Gasteiger partial charge on any atom is 0.324 e. The second-order valence-corrected chi connectivity index (χ2v) is 5.57. The summed E-state index contributed by atoms with van der Waals surface area (Å²) in [4.78, 5) is 17.2. The highest BCUT2D eigenvalue weighted by Gasteiger charge is 2.09. The number of ether oxygens (including phenoxy) is 2. The second-order valence-electron chi connectivity index (χ2n) is 4.30. The first-order valence-electron chi connectivity index (χ1n) is 6.14. The summed E-state index contributed by atoms with van der Waals surface area (Å²) in [5, 5.41) is 0.0552. The summed E-state index contributed by atoms with van der Waals surface area (Å²) >= 11 is 7.41. The Bertz CT molecular complexity index is 576. The van der Waals surface area contributed by atoms with Crippen LogP contribution in [0.4, 0.5) is 0 Å². The van der Waals surface area contributed by atoms with Crippen LogP contribution < -0.4 is 9.47 Å². The van der Waals surface area contributed by atoms with Crippen molar-refractivity contribution in [2.24, 2.45) is 0 Å². The average Bonchev–Trinajstić information content (AvgIpc) is 2.73. The summed E-state index contributed by atoms with van der Waals surface area (Å²) in [5.41, 5.74) is 2.84. The zero-order valence-electron chi connectivity index (χ0n) is 11.5. The number of rotatable bonds is 6. The molecule has 0 radical (unpaired) electrons. The maximum absolute atomic E-state index is 5.81. The van der Waals surface area contributed by atoms with Crippen molar-refractivity contribution >= 4 is 22.9 Å². The molecular weight excluding hydrogens is 300 g/mol. The highest BCUT2D eigenvalue weighted by atomic mass is 35.5. The first-order valence-corrected chi connectivity index (χ1v) is 7.40. The van der Waals surface area contributed by atoms with E-state index in [1.807, 2.05) is 26.3 Å². The molecule has 0 spiro atoms. The van der Waals surface area contributed by atoms with Crippen LogP contribution in [0.2, 0.25) is 5.28 Å². The van der Waals surface area contributed by atoms with Crippen LogP contribution in [0.1, 0.15) is 24.4 Å². The standard InChI is InChI=1S/C12H15ClN4O2S/c1-7(2)19-12-16-10(13)15-11(17-12)18-5-4-9-8(3)14-6-20-9/h6-7H,4-5H2,1-3H3. The fourth-order valence-corrected chi connectivity index (χ4v) is 2.35. The normalized spacial score (nSPS) is 10.8. The number of hydrogen-bond acceptors (Lipinski definition) is 7. The second kappa shape index (κ2) is 6.81. The number of halogens is 1. The molecule has 2 heterocycles. The number of aromatic nitrogens is 4. The van der Waals surface area contributed by atoms with E-state index >= 15 is 0 Å². The molecule has 0 saturated heterocycles. The van der Waals surface area contributed by atoms with E-state index in [-0.39, 0.29) is 23.4 Å². The lowest BCUT2D eigenvalue weighted by molar-refractivity contribution is 0.213. The van der Waals surface area contributed by atoms with Crippen molar-refractivity contribution in [3.8, 4) is 12.0 Å². The minimum atomic E-state index is -0.0406. The molecule has 8 heteroatoms. The topological polar surface area (TPSA) is 70.0 Å². The van der Waals surface area contributed by atoms with Gasteiger partial charge in [0.2, 0.25) is 5.28 Å². The molecule has 0 aromatic carbocycles. The largest absolute Gasteiger partial charge is 0.463 e. The SMILES string of the molecule is Cc1ncsc1CCOc1nc(Cl)nc(OC(C)C)n1. The number of nitrogens with zero attached hydrogens (tertiary/aromatic N) is 4. The van der Waals surface area contributed by atoms with Crippen molar-refractivity contribution < 1.29 is 9.47 Å². The summed E-state index contributed by atoms with van der Waals surface area (Å²) in [6, 6.07) is 0.340. The Morgan fingerprint density at radius 2 is 2.00 bits per heavy atom. The summed E-state index contributed by atoms with van der Waals surface area (Å²) in [6.07, 6.45) is 0.710. The predicted octanol–water partition coefficient (Wildman–Crippen LogP) is 2.70. The number of aryl methyl sites for hydroxylation is 1. The fraction of sp³-hybridized carbons (Fsp3) is 0.500. The molecule has 0 saturated carbocycles. The van der Waals surface area contributed by atoms with E-state index in [1.165, 1.54) is 4.88 Å². The monoisotopic (exact) mass is 314 g/mol. The van der Waals surface area contributed by atoms with Crippen LogP contribution in [0, 0.1) is 6.92 Å². The molecule has 0 unspecified atom stereocenters. The maximum atomic E-state index is 5.81. The van der Waals surface area contributed by atoms with Gasteiger partial charge in [-0.2, -0.15) is 9.97 Å². The van der Waals surface area contributed by atoms with Gasteiger partial charge in [0, 0.05) is 11.3 Å². The molecule has 0 bridgehead atoms. The Hall–Kier alpha value is -1.47. The summed E-state index contributed by atoms with van der Waals surface area (Å²) in [5.74, 6) is 0. The summed E-state index contributed by atoms with van der Waals surface area (Å²) < 4.78 is 10.9. The molecule has 0 atom stereocenters. The van der Waals surface area contributed by atoms with Crippen LogP contribution in [0.5, 0.6) is 12.0 Å². The Kier molecular flexibility index (Phi) is 5.08. The third-order valence-corrected chi connectivity index (χ3v) is 3.48. The van der Waals surface area contributed by atoms with E-state index in [9.17, 15) is 0 Å². The number of thiazole rings is 1. The van der Waals surface area contributed by atoms with Gasteiger partial charge in [0.1, 0.15) is 0 Å². The zero-order valence-corrected chi connectivity index (χ0v) is 13.0. The van der Waals surface area contributed by atoms with Crippen LogP contribution >= 0.6 is 22.9 Å².